The van der Waals surface area contributed by atoms with Gasteiger partial charge in [0.05, 0.1) is 5.41 Å². The number of ether oxygens (including phenoxy) is 1. The molecule has 0 radical (unpaired) electrons. The molecular formula is C58H39N3O. The van der Waals surface area contributed by atoms with E-state index < -0.39 is 5.41 Å². The van der Waals surface area contributed by atoms with Crippen molar-refractivity contribution in [3.63, 3.8) is 0 Å². The van der Waals surface area contributed by atoms with Crippen LogP contribution in [0.3, 0.4) is 0 Å². The lowest BCUT2D eigenvalue weighted by Gasteiger charge is -2.45. The van der Waals surface area contributed by atoms with Gasteiger partial charge in [-0.2, -0.15) is 0 Å². The van der Waals surface area contributed by atoms with Gasteiger partial charge in [0, 0.05) is 28.7 Å². The molecule has 3 aliphatic rings. The lowest BCUT2D eigenvalue weighted by molar-refractivity contribution is 0.205. The van der Waals surface area contributed by atoms with E-state index in [9.17, 15) is 0 Å². The van der Waals surface area contributed by atoms with Crippen LogP contribution in [0.1, 0.15) is 23.1 Å². The van der Waals surface area contributed by atoms with E-state index in [1.807, 2.05) is 12.1 Å². The third-order valence-corrected chi connectivity index (χ3v) is 12.7. The predicted octanol–water partition coefficient (Wildman–Crippen LogP) is 13.8. The SMILES string of the molecule is C1=CCC2Oc3ccc(-c4ccccc4-c4nc(-c5cccc(-c6ccccc6)c5)nc(-c5cccc(-c6ccccc6)c5)n4)cc3C3(C2=C1)c1ccccc1-c1ccccc13. The molecule has 292 valence electrons. The fraction of sp³-hybridized carbons (Fsp3) is 0.0517. The van der Waals surface area contributed by atoms with Gasteiger partial charge in [-0.25, -0.2) is 15.0 Å². The first kappa shape index (κ1) is 35.9. The van der Waals surface area contributed by atoms with Crippen LogP contribution in [0.4, 0.5) is 0 Å². The van der Waals surface area contributed by atoms with Gasteiger partial charge in [0.25, 0.3) is 0 Å². The second-order valence-electron chi connectivity index (χ2n) is 16.2. The minimum atomic E-state index is -0.512. The number of hydrogen-bond donors (Lipinski definition) is 0. The first-order chi connectivity index (χ1) is 30.7. The van der Waals surface area contributed by atoms with Gasteiger partial charge in [-0.05, 0) is 85.5 Å². The van der Waals surface area contributed by atoms with E-state index in [1.54, 1.807) is 0 Å². The third kappa shape index (κ3) is 5.79. The molecule has 62 heavy (non-hydrogen) atoms. The number of aromatic nitrogens is 3. The zero-order valence-corrected chi connectivity index (χ0v) is 33.8. The molecule has 0 amide bonds. The number of benzene rings is 8. The Bertz CT molecular complexity index is 3110. The first-order valence-corrected chi connectivity index (χ1v) is 21.3. The zero-order chi connectivity index (χ0) is 41.0. The first-order valence-electron chi connectivity index (χ1n) is 21.3. The number of rotatable bonds is 6. The van der Waals surface area contributed by atoms with Crippen LogP contribution in [0.25, 0.3) is 78.7 Å². The van der Waals surface area contributed by atoms with Gasteiger partial charge >= 0.3 is 0 Å². The second-order valence-corrected chi connectivity index (χ2v) is 16.2. The number of nitrogens with zero attached hydrogens (tertiary/aromatic N) is 3. The molecule has 1 spiro atoms. The Morgan fingerprint density at radius 1 is 0.387 bits per heavy atom. The molecule has 8 aromatic carbocycles. The van der Waals surface area contributed by atoms with Crippen molar-refractivity contribution in [2.45, 2.75) is 17.9 Å². The molecule has 1 aromatic heterocycles. The van der Waals surface area contributed by atoms with Crippen LogP contribution in [0.15, 0.2) is 224 Å². The van der Waals surface area contributed by atoms with Gasteiger partial charge in [-0.15, -0.1) is 0 Å². The van der Waals surface area contributed by atoms with Crippen molar-refractivity contribution in [1.82, 2.24) is 15.0 Å². The second kappa shape index (κ2) is 14.6. The summed E-state index contributed by atoms with van der Waals surface area (Å²) in [5.74, 6) is 2.75. The molecule has 4 heteroatoms. The van der Waals surface area contributed by atoms with Crippen molar-refractivity contribution in [2.24, 2.45) is 0 Å². The Morgan fingerprint density at radius 3 is 1.50 bits per heavy atom. The van der Waals surface area contributed by atoms with E-state index in [0.717, 1.165) is 67.8 Å². The van der Waals surface area contributed by atoms with Crippen molar-refractivity contribution in [3.05, 3.63) is 241 Å². The molecule has 0 fully saturated rings. The van der Waals surface area contributed by atoms with Crippen LogP contribution in [-0.2, 0) is 5.41 Å². The van der Waals surface area contributed by atoms with Crippen molar-refractivity contribution < 1.29 is 4.74 Å². The highest BCUT2D eigenvalue weighted by Crippen LogP contribution is 2.62. The Labute approximate surface area is 361 Å². The van der Waals surface area contributed by atoms with Crippen LogP contribution in [0, 0.1) is 0 Å². The summed E-state index contributed by atoms with van der Waals surface area (Å²) in [6.07, 6.45) is 7.48. The normalized spacial score (nSPS) is 15.2. The average molecular weight is 794 g/mol. The largest absolute Gasteiger partial charge is 0.485 e. The van der Waals surface area contributed by atoms with Crippen LogP contribution in [0.5, 0.6) is 5.75 Å². The maximum absolute atomic E-state index is 6.92. The lowest BCUT2D eigenvalue weighted by Crippen LogP contribution is -2.42. The van der Waals surface area contributed by atoms with Crippen LogP contribution in [-0.4, -0.2) is 21.1 Å². The highest BCUT2D eigenvalue weighted by molar-refractivity contribution is 5.90. The molecule has 0 N–H and O–H groups in total. The Balaban J connectivity index is 1.05. The summed E-state index contributed by atoms with van der Waals surface area (Å²) in [6.45, 7) is 0. The number of hydrogen-bond acceptors (Lipinski definition) is 4. The fourth-order valence-corrected chi connectivity index (χ4v) is 9.95. The average Bonchev–Trinajstić information content (AvgIpc) is 3.65. The summed E-state index contributed by atoms with van der Waals surface area (Å²) in [6, 6.07) is 70.9. The maximum atomic E-state index is 6.92. The van der Waals surface area contributed by atoms with Crippen LogP contribution >= 0.6 is 0 Å². The molecule has 0 saturated carbocycles. The minimum absolute atomic E-state index is 0.0623. The molecule has 4 nitrogen and oxygen atoms in total. The fourth-order valence-electron chi connectivity index (χ4n) is 9.95. The minimum Gasteiger partial charge on any atom is -0.485 e. The van der Waals surface area contributed by atoms with Crippen LogP contribution < -0.4 is 4.74 Å². The van der Waals surface area contributed by atoms with E-state index in [1.165, 1.54) is 27.8 Å². The topological polar surface area (TPSA) is 47.9 Å². The maximum Gasteiger partial charge on any atom is 0.164 e. The summed E-state index contributed by atoms with van der Waals surface area (Å²) in [5, 5.41) is 0. The summed E-state index contributed by atoms with van der Waals surface area (Å²) in [5.41, 5.74) is 16.4. The summed E-state index contributed by atoms with van der Waals surface area (Å²) in [7, 11) is 0. The molecule has 0 saturated heterocycles. The Morgan fingerprint density at radius 2 is 0.887 bits per heavy atom. The molecule has 0 bridgehead atoms. The predicted molar refractivity (Wildman–Crippen MR) is 250 cm³/mol. The van der Waals surface area contributed by atoms with Crippen molar-refractivity contribution >= 4 is 0 Å². The van der Waals surface area contributed by atoms with Crippen molar-refractivity contribution in [3.8, 4) is 84.4 Å². The van der Waals surface area contributed by atoms with E-state index >= 15 is 0 Å². The quantitative estimate of drug-likeness (QED) is 0.168. The van der Waals surface area contributed by atoms with Crippen molar-refractivity contribution in [2.75, 3.05) is 0 Å². The van der Waals surface area contributed by atoms with Gasteiger partial charge in [0.15, 0.2) is 17.5 Å². The molecule has 1 atom stereocenters. The molecular weight excluding hydrogens is 755 g/mol. The van der Waals surface area contributed by atoms with Gasteiger partial charge in [0.1, 0.15) is 11.9 Å². The van der Waals surface area contributed by atoms with Crippen molar-refractivity contribution in [1.29, 1.82) is 0 Å². The van der Waals surface area contributed by atoms with E-state index in [-0.39, 0.29) is 6.10 Å². The van der Waals surface area contributed by atoms with E-state index in [2.05, 4.69) is 206 Å². The Hall–Kier alpha value is -7.95. The molecule has 2 aliphatic carbocycles. The smallest absolute Gasteiger partial charge is 0.164 e. The molecule has 2 heterocycles. The zero-order valence-electron chi connectivity index (χ0n) is 33.8. The van der Waals surface area contributed by atoms with Gasteiger partial charge in [-0.3, -0.25) is 0 Å². The molecule has 9 aromatic rings. The highest BCUT2D eigenvalue weighted by Gasteiger charge is 2.53. The van der Waals surface area contributed by atoms with Gasteiger partial charge < -0.3 is 4.74 Å². The van der Waals surface area contributed by atoms with Gasteiger partial charge in [-0.1, -0.05) is 194 Å². The molecule has 12 rings (SSSR count). The standard InChI is InChI=1S/C58H39N3O/c1-3-17-38(18-4-1)40-21-15-23-43(35-40)55-59-56(44-24-16-22-41(36-44)39-19-5-2-6-20-39)61-57(60-55)48-28-8-7-25-45(48)42-33-34-54-52(37-42)58(51-31-13-14-32-53(51)62-54)49-29-11-9-26-46(49)47-27-10-12-30-50(47)58/h1-31,33-37,53H,32H2. The van der Waals surface area contributed by atoms with E-state index in [0.29, 0.717) is 17.5 Å². The lowest BCUT2D eigenvalue weighted by atomic mass is 9.63. The number of allylic oxidation sites excluding steroid dienone is 2. The highest BCUT2D eigenvalue weighted by atomic mass is 16.5. The Kier molecular flexibility index (Phi) is 8.49. The van der Waals surface area contributed by atoms with Gasteiger partial charge in [0.2, 0.25) is 0 Å². The molecule has 1 unspecified atom stereocenters. The van der Waals surface area contributed by atoms with Crippen LogP contribution in [0.2, 0.25) is 0 Å². The van der Waals surface area contributed by atoms with E-state index in [4.69, 9.17) is 19.7 Å². The summed E-state index contributed by atoms with van der Waals surface area (Å²) in [4.78, 5) is 15.8. The molecule has 1 aliphatic heterocycles. The number of fused-ring (bicyclic) bond motifs is 9. The monoisotopic (exact) mass is 793 g/mol. The summed E-state index contributed by atoms with van der Waals surface area (Å²) < 4.78 is 6.92. The summed E-state index contributed by atoms with van der Waals surface area (Å²) >= 11 is 0. The third-order valence-electron chi connectivity index (χ3n) is 12.7.